The summed E-state index contributed by atoms with van der Waals surface area (Å²) in [5.74, 6) is 1.55. The van der Waals surface area contributed by atoms with Crippen molar-refractivity contribution in [2.45, 2.75) is 18.1 Å². The van der Waals surface area contributed by atoms with Gasteiger partial charge in [0.1, 0.15) is 27.5 Å². The molecule has 24 heavy (non-hydrogen) atoms. The lowest BCUT2D eigenvalue weighted by atomic mass is 9.85. The van der Waals surface area contributed by atoms with E-state index in [-0.39, 0.29) is 5.25 Å². The van der Waals surface area contributed by atoms with E-state index in [1.54, 1.807) is 13.2 Å². The normalized spacial score (nSPS) is 20.2. The highest BCUT2D eigenvalue weighted by Crippen LogP contribution is 2.33. The monoisotopic (exact) mass is 345 g/mol. The van der Waals surface area contributed by atoms with E-state index in [2.05, 4.69) is 16.4 Å². The van der Waals surface area contributed by atoms with Gasteiger partial charge in [-0.2, -0.15) is 5.26 Å². The third-order valence-corrected chi connectivity index (χ3v) is 6.09. The molecule has 0 atom stereocenters. The van der Waals surface area contributed by atoms with Gasteiger partial charge < -0.3 is 10.1 Å². The fraction of sp³-hybridized carbons (Fsp3) is 0.412. The number of nitriles is 1. The zero-order valence-corrected chi connectivity index (χ0v) is 14.4. The van der Waals surface area contributed by atoms with Gasteiger partial charge in [0.05, 0.1) is 23.4 Å². The highest BCUT2D eigenvalue weighted by molar-refractivity contribution is 7.91. The van der Waals surface area contributed by atoms with E-state index < -0.39 is 9.84 Å². The summed E-state index contributed by atoms with van der Waals surface area (Å²) in [4.78, 5) is 4.51. The van der Waals surface area contributed by atoms with Gasteiger partial charge in [-0.05, 0) is 43.0 Å². The topological polar surface area (TPSA) is 92.1 Å². The molecule has 1 N–H and O–H groups in total. The Morgan fingerprint density at radius 2 is 2.12 bits per heavy atom. The molecule has 3 rings (SSSR count). The standard InChI is InChI=1S/C17H19N3O3S/c1-23-14-3-4-16-12(8-14)7-13(9-18)17(20-16)19-10-11-5-15(6-11)24(2,21)22/h3-4,7-8,11,15H,5-6,10H2,1-2H3,(H,19,20). The van der Waals surface area contributed by atoms with Gasteiger partial charge in [-0.3, -0.25) is 0 Å². The van der Waals surface area contributed by atoms with E-state index >= 15 is 0 Å². The Labute approximate surface area is 141 Å². The number of nitrogens with zero attached hydrogens (tertiary/aromatic N) is 2. The number of rotatable bonds is 5. The molecular weight excluding hydrogens is 326 g/mol. The van der Waals surface area contributed by atoms with E-state index in [0.717, 1.165) is 16.7 Å². The Kier molecular flexibility index (Phi) is 4.33. The molecule has 1 heterocycles. The molecule has 0 aliphatic heterocycles. The number of fused-ring (bicyclic) bond motifs is 1. The van der Waals surface area contributed by atoms with Gasteiger partial charge >= 0.3 is 0 Å². The summed E-state index contributed by atoms with van der Waals surface area (Å²) in [5.41, 5.74) is 1.25. The minimum absolute atomic E-state index is 0.225. The second kappa shape index (κ2) is 6.29. The first-order chi connectivity index (χ1) is 11.4. The fourth-order valence-corrected chi connectivity index (χ4v) is 4.18. The molecule has 0 amide bonds. The van der Waals surface area contributed by atoms with Gasteiger partial charge in [0.15, 0.2) is 0 Å². The maximum atomic E-state index is 11.4. The number of pyridine rings is 1. The second-order valence-electron chi connectivity index (χ2n) is 6.22. The molecule has 0 radical (unpaired) electrons. The number of nitrogens with one attached hydrogen (secondary N) is 1. The van der Waals surface area contributed by atoms with Crippen LogP contribution in [0.4, 0.5) is 5.82 Å². The molecular formula is C17H19N3O3S. The third-order valence-electron chi connectivity index (χ3n) is 4.50. The highest BCUT2D eigenvalue weighted by Gasteiger charge is 2.35. The summed E-state index contributed by atoms with van der Waals surface area (Å²) in [7, 11) is -1.34. The van der Waals surface area contributed by atoms with E-state index in [1.807, 2.05) is 18.2 Å². The Morgan fingerprint density at radius 3 is 2.75 bits per heavy atom. The van der Waals surface area contributed by atoms with Crippen molar-refractivity contribution in [3.05, 3.63) is 29.8 Å². The first-order valence-corrected chi connectivity index (χ1v) is 9.68. The summed E-state index contributed by atoms with van der Waals surface area (Å²) in [6.07, 6.45) is 2.62. The van der Waals surface area contributed by atoms with Crippen molar-refractivity contribution >= 4 is 26.6 Å². The van der Waals surface area contributed by atoms with Crippen molar-refractivity contribution in [1.29, 1.82) is 5.26 Å². The molecule has 0 spiro atoms. The van der Waals surface area contributed by atoms with E-state index in [1.165, 1.54) is 6.26 Å². The largest absolute Gasteiger partial charge is 0.497 e. The maximum absolute atomic E-state index is 11.4. The van der Waals surface area contributed by atoms with Crippen LogP contribution in [0.25, 0.3) is 10.9 Å². The Hall–Kier alpha value is -2.33. The summed E-state index contributed by atoms with van der Waals surface area (Å²) < 4.78 is 28.1. The van der Waals surface area contributed by atoms with Crippen molar-refractivity contribution in [1.82, 2.24) is 4.98 Å². The molecule has 2 aromatic rings. The van der Waals surface area contributed by atoms with Crippen LogP contribution in [0.2, 0.25) is 0 Å². The molecule has 126 valence electrons. The molecule has 1 aliphatic carbocycles. The van der Waals surface area contributed by atoms with Gasteiger partial charge in [-0.1, -0.05) is 0 Å². The molecule has 0 saturated heterocycles. The number of ether oxygens (including phenoxy) is 1. The third kappa shape index (κ3) is 3.29. The molecule has 0 unspecified atom stereocenters. The number of methoxy groups -OCH3 is 1. The molecule has 7 heteroatoms. The van der Waals surface area contributed by atoms with Crippen LogP contribution < -0.4 is 10.1 Å². The molecule has 6 nitrogen and oxygen atoms in total. The van der Waals surface area contributed by atoms with Crippen molar-refractivity contribution < 1.29 is 13.2 Å². The lowest BCUT2D eigenvalue weighted by molar-refractivity contribution is 0.333. The molecule has 1 aliphatic rings. The highest BCUT2D eigenvalue weighted by atomic mass is 32.2. The predicted octanol–water partition coefficient (Wildman–Crippen LogP) is 2.35. The average molecular weight is 345 g/mol. The van der Waals surface area contributed by atoms with Crippen LogP contribution in [0.1, 0.15) is 18.4 Å². The van der Waals surface area contributed by atoms with Crippen LogP contribution in [0.15, 0.2) is 24.3 Å². The van der Waals surface area contributed by atoms with Gasteiger partial charge in [0.25, 0.3) is 0 Å². The number of aromatic nitrogens is 1. The first-order valence-electron chi connectivity index (χ1n) is 7.72. The molecule has 0 bridgehead atoms. The average Bonchev–Trinajstić information content (AvgIpc) is 2.50. The van der Waals surface area contributed by atoms with Gasteiger partial charge in [-0.15, -0.1) is 0 Å². The van der Waals surface area contributed by atoms with E-state index in [0.29, 0.717) is 36.7 Å². The predicted molar refractivity (Wildman–Crippen MR) is 92.9 cm³/mol. The molecule has 1 fully saturated rings. The van der Waals surface area contributed by atoms with Crippen LogP contribution in [-0.2, 0) is 9.84 Å². The second-order valence-corrected chi connectivity index (χ2v) is 8.55. The van der Waals surface area contributed by atoms with Gasteiger partial charge in [0, 0.05) is 18.2 Å². The number of benzene rings is 1. The minimum atomic E-state index is -2.94. The summed E-state index contributed by atoms with van der Waals surface area (Å²) >= 11 is 0. The van der Waals surface area contributed by atoms with Crippen LogP contribution in [0.5, 0.6) is 5.75 Å². The lowest BCUT2D eigenvalue weighted by Crippen LogP contribution is -2.38. The summed E-state index contributed by atoms with van der Waals surface area (Å²) in [5, 5.41) is 13.2. The Morgan fingerprint density at radius 1 is 1.38 bits per heavy atom. The molecule has 1 aromatic heterocycles. The van der Waals surface area contributed by atoms with Crippen molar-refractivity contribution in [3.8, 4) is 11.8 Å². The maximum Gasteiger partial charge on any atom is 0.150 e. The smallest absolute Gasteiger partial charge is 0.150 e. The first kappa shape index (κ1) is 16.5. The number of anilines is 1. The summed E-state index contributed by atoms with van der Waals surface area (Å²) in [6.45, 7) is 0.620. The number of hydrogen-bond acceptors (Lipinski definition) is 6. The Balaban J connectivity index is 1.74. The van der Waals surface area contributed by atoms with Crippen LogP contribution in [0.3, 0.4) is 0 Å². The molecule has 1 saturated carbocycles. The number of hydrogen-bond donors (Lipinski definition) is 1. The van der Waals surface area contributed by atoms with Crippen LogP contribution in [0, 0.1) is 17.2 Å². The number of sulfone groups is 1. The lowest BCUT2D eigenvalue weighted by Gasteiger charge is -2.34. The van der Waals surface area contributed by atoms with E-state index in [9.17, 15) is 13.7 Å². The van der Waals surface area contributed by atoms with Crippen molar-refractivity contribution in [3.63, 3.8) is 0 Å². The van der Waals surface area contributed by atoms with Crippen molar-refractivity contribution in [2.24, 2.45) is 5.92 Å². The van der Waals surface area contributed by atoms with Crippen LogP contribution >= 0.6 is 0 Å². The van der Waals surface area contributed by atoms with Crippen molar-refractivity contribution in [2.75, 3.05) is 25.2 Å². The van der Waals surface area contributed by atoms with E-state index in [4.69, 9.17) is 4.74 Å². The molecule has 1 aromatic carbocycles. The SMILES string of the molecule is COc1ccc2nc(NCC3CC(S(C)(=O)=O)C3)c(C#N)cc2c1. The van der Waals surface area contributed by atoms with Gasteiger partial charge in [0.2, 0.25) is 0 Å². The quantitative estimate of drug-likeness (QED) is 0.894. The summed E-state index contributed by atoms with van der Waals surface area (Å²) in [6, 6.07) is 9.46. The fourth-order valence-electron chi connectivity index (χ4n) is 2.93. The Bertz CT molecular complexity index is 913. The zero-order chi connectivity index (χ0) is 17.3. The van der Waals surface area contributed by atoms with Crippen LogP contribution in [-0.4, -0.2) is 38.6 Å². The van der Waals surface area contributed by atoms with Gasteiger partial charge in [-0.25, -0.2) is 13.4 Å². The zero-order valence-electron chi connectivity index (χ0n) is 13.6. The minimum Gasteiger partial charge on any atom is -0.497 e.